The summed E-state index contributed by atoms with van der Waals surface area (Å²) in [5.74, 6) is 0. The summed E-state index contributed by atoms with van der Waals surface area (Å²) in [6, 6.07) is 0. The molecule has 0 bridgehead atoms. The van der Waals surface area contributed by atoms with Crippen LogP contribution in [0.4, 0.5) is 0 Å². The van der Waals surface area contributed by atoms with E-state index >= 15 is 0 Å². The van der Waals surface area contributed by atoms with Gasteiger partial charge in [-0.15, -0.1) is 0 Å². The Labute approximate surface area is 61.2 Å². The predicted molar refractivity (Wildman–Crippen MR) is 40.4 cm³/mol. The molecule has 0 aromatic heterocycles. The van der Waals surface area contributed by atoms with E-state index in [0.29, 0.717) is 6.17 Å². The third kappa shape index (κ3) is 0.948. The summed E-state index contributed by atoms with van der Waals surface area (Å²) >= 11 is 0. The maximum absolute atomic E-state index is 4.38. The predicted octanol–water partition coefficient (Wildman–Crippen LogP) is 0.706. The zero-order valence-electron chi connectivity index (χ0n) is 5.90. The number of hydrogen-bond donors (Lipinski definition) is 0. The lowest BCUT2D eigenvalue weighted by Gasteiger charge is -2.20. The molecule has 10 heavy (non-hydrogen) atoms. The fourth-order valence-electron chi connectivity index (χ4n) is 1.36. The molecule has 1 radical (unpaired) electrons. The van der Waals surface area contributed by atoms with Gasteiger partial charge in [0.25, 0.3) is 0 Å². The quantitative estimate of drug-likeness (QED) is 0.484. The Morgan fingerprint density at radius 3 is 3.00 bits per heavy atom. The summed E-state index contributed by atoms with van der Waals surface area (Å²) in [5.41, 5.74) is 0. The molecule has 0 spiro atoms. The molecule has 2 rings (SSSR count). The molecular weight excluding hydrogens is 124 g/mol. The van der Waals surface area contributed by atoms with Crippen molar-refractivity contribution >= 4 is 0 Å². The van der Waals surface area contributed by atoms with Crippen molar-refractivity contribution in [3.05, 3.63) is 24.4 Å². The minimum atomic E-state index is 0.346. The fourth-order valence-corrected chi connectivity index (χ4v) is 1.36. The monoisotopic (exact) mass is 135 g/mol. The smallest absolute Gasteiger partial charge is 0.114 e. The summed E-state index contributed by atoms with van der Waals surface area (Å²) in [6.07, 6.45) is 10.1. The normalized spacial score (nSPS) is 30.4. The van der Waals surface area contributed by atoms with Crippen LogP contribution in [0.15, 0.2) is 24.4 Å². The lowest BCUT2D eigenvalue weighted by atomic mass is 10.4. The first-order valence-corrected chi connectivity index (χ1v) is 3.72. The van der Waals surface area contributed by atoms with Crippen LogP contribution < -0.4 is 5.32 Å². The van der Waals surface area contributed by atoms with Crippen molar-refractivity contribution < 1.29 is 0 Å². The zero-order valence-corrected chi connectivity index (χ0v) is 5.90. The molecule has 0 fully saturated rings. The van der Waals surface area contributed by atoms with E-state index in [0.717, 1.165) is 13.1 Å². The molecule has 53 valence electrons. The average Bonchev–Trinajstić information content (AvgIpc) is 2.59. The highest BCUT2D eigenvalue weighted by atomic mass is 15.3. The minimum Gasteiger partial charge on any atom is -0.358 e. The number of nitrogens with zero attached hydrogens (tertiary/aromatic N) is 2. The van der Waals surface area contributed by atoms with Gasteiger partial charge in [0.05, 0.1) is 0 Å². The van der Waals surface area contributed by atoms with E-state index in [-0.39, 0.29) is 0 Å². The molecule has 2 heterocycles. The summed E-state index contributed by atoms with van der Waals surface area (Å²) in [7, 11) is 0. The van der Waals surface area contributed by atoms with Crippen molar-refractivity contribution in [1.82, 2.24) is 10.2 Å². The minimum absolute atomic E-state index is 0.346. The SMILES string of the molecule is C1=CN(C2C=CC[N]2)CC1. The maximum atomic E-state index is 4.38. The molecule has 0 aromatic carbocycles. The molecular formula is C8H11N2. The van der Waals surface area contributed by atoms with Gasteiger partial charge < -0.3 is 4.90 Å². The Kier molecular flexibility index (Phi) is 1.47. The third-order valence-electron chi connectivity index (χ3n) is 1.90. The Morgan fingerprint density at radius 1 is 1.40 bits per heavy atom. The molecule has 0 saturated heterocycles. The van der Waals surface area contributed by atoms with Gasteiger partial charge in [-0.2, -0.15) is 0 Å². The van der Waals surface area contributed by atoms with E-state index in [9.17, 15) is 0 Å². The second kappa shape index (κ2) is 2.46. The van der Waals surface area contributed by atoms with Crippen LogP contribution in [0.25, 0.3) is 0 Å². The van der Waals surface area contributed by atoms with E-state index in [1.165, 1.54) is 6.42 Å². The van der Waals surface area contributed by atoms with Crippen LogP contribution >= 0.6 is 0 Å². The molecule has 1 unspecified atom stereocenters. The largest absolute Gasteiger partial charge is 0.358 e. The maximum Gasteiger partial charge on any atom is 0.114 e. The van der Waals surface area contributed by atoms with Gasteiger partial charge in [-0.3, -0.25) is 0 Å². The van der Waals surface area contributed by atoms with Gasteiger partial charge in [0, 0.05) is 13.1 Å². The molecule has 1 atom stereocenters. The van der Waals surface area contributed by atoms with Crippen molar-refractivity contribution in [3.63, 3.8) is 0 Å². The van der Waals surface area contributed by atoms with Crippen molar-refractivity contribution in [2.24, 2.45) is 0 Å². The molecule has 0 amide bonds. The van der Waals surface area contributed by atoms with E-state index in [2.05, 4.69) is 34.6 Å². The molecule has 0 saturated carbocycles. The zero-order chi connectivity index (χ0) is 6.81. The lowest BCUT2D eigenvalue weighted by molar-refractivity contribution is 0.311. The van der Waals surface area contributed by atoms with Crippen LogP contribution in [0.1, 0.15) is 6.42 Å². The van der Waals surface area contributed by atoms with Gasteiger partial charge in [-0.05, 0) is 18.7 Å². The summed E-state index contributed by atoms with van der Waals surface area (Å²) in [4.78, 5) is 2.27. The summed E-state index contributed by atoms with van der Waals surface area (Å²) in [6.45, 7) is 2.04. The van der Waals surface area contributed by atoms with Gasteiger partial charge >= 0.3 is 0 Å². The highest BCUT2D eigenvalue weighted by Crippen LogP contribution is 2.11. The standard InChI is InChI=1S/C8H11N2/c1-2-7-10(6-1)8-4-3-5-9-8/h1,3-4,6,8H,2,5,7H2. The number of hydrogen-bond acceptors (Lipinski definition) is 1. The van der Waals surface area contributed by atoms with Gasteiger partial charge in [0.2, 0.25) is 0 Å². The third-order valence-corrected chi connectivity index (χ3v) is 1.90. The van der Waals surface area contributed by atoms with E-state index in [1.807, 2.05) is 0 Å². The Morgan fingerprint density at radius 2 is 2.40 bits per heavy atom. The van der Waals surface area contributed by atoms with Crippen molar-refractivity contribution in [2.45, 2.75) is 12.6 Å². The van der Waals surface area contributed by atoms with Gasteiger partial charge in [0.1, 0.15) is 6.17 Å². The first-order chi connectivity index (χ1) is 4.97. The van der Waals surface area contributed by atoms with E-state index in [1.54, 1.807) is 0 Å². The molecule has 0 N–H and O–H groups in total. The van der Waals surface area contributed by atoms with Crippen molar-refractivity contribution in [1.29, 1.82) is 0 Å². The first kappa shape index (κ1) is 5.98. The van der Waals surface area contributed by atoms with Crippen LogP contribution in [-0.4, -0.2) is 24.2 Å². The molecule has 2 nitrogen and oxygen atoms in total. The molecule has 2 aliphatic heterocycles. The summed E-state index contributed by atoms with van der Waals surface area (Å²) < 4.78 is 0. The van der Waals surface area contributed by atoms with Gasteiger partial charge in [-0.25, -0.2) is 5.32 Å². The number of rotatable bonds is 1. The first-order valence-electron chi connectivity index (χ1n) is 3.72. The molecule has 2 heteroatoms. The van der Waals surface area contributed by atoms with Crippen LogP contribution in [0.5, 0.6) is 0 Å². The highest BCUT2D eigenvalue weighted by Gasteiger charge is 2.16. The van der Waals surface area contributed by atoms with Gasteiger partial charge in [-0.1, -0.05) is 12.2 Å². The fraction of sp³-hybridized carbons (Fsp3) is 0.500. The molecule has 0 aliphatic carbocycles. The molecule has 2 aliphatic rings. The van der Waals surface area contributed by atoms with Crippen LogP contribution in [0.3, 0.4) is 0 Å². The molecule has 0 aromatic rings. The topological polar surface area (TPSA) is 17.3 Å². The van der Waals surface area contributed by atoms with E-state index in [4.69, 9.17) is 0 Å². The van der Waals surface area contributed by atoms with Crippen molar-refractivity contribution in [3.8, 4) is 0 Å². The van der Waals surface area contributed by atoms with Crippen LogP contribution in [-0.2, 0) is 0 Å². The van der Waals surface area contributed by atoms with Crippen LogP contribution in [0.2, 0.25) is 0 Å². The average molecular weight is 135 g/mol. The Bertz CT molecular complexity index is 152. The highest BCUT2D eigenvalue weighted by molar-refractivity contribution is 5.06. The Hall–Kier alpha value is -0.760. The van der Waals surface area contributed by atoms with Gasteiger partial charge in [0.15, 0.2) is 0 Å². The van der Waals surface area contributed by atoms with E-state index < -0.39 is 0 Å². The Balaban J connectivity index is 1.98. The summed E-state index contributed by atoms with van der Waals surface area (Å²) in [5, 5.41) is 4.38. The van der Waals surface area contributed by atoms with Crippen molar-refractivity contribution in [2.75, 3.05) is 13.1 Å². The second-order valence-corrected chi connectivity index (χ2v) is 2.62. The van der Waals surface area contributed by atoms with Crippen LogP contribution in [0, 0.1) is 0 Å². The second-order valence-electron chi connectivity index (χ2n) is 2.62. The lowest BCUT2D eigenvalue weighted by Crippen LogP contribution is -2.32.